The second kappa shape index (κ2) is 7.03. The average Bonchev–Trinajstić information content (AvgIpc) is 2.49. The molecule has 0 spiro atoms. The Morgan fingerprint density at radius 1 is 1.25 bits per heavy atom. The molecular weight excluding hydrogens is 278 g/mol. The van der Waals surface area contributed by atoms with Crippen LogP contribution in [0.3, 0.4) is 0 Å². The maximum atomic E-state index is 11.7. The van der Waals surface area contributed by atoms with Crippen LogP contribution in [-0.4, -0.2) is 16.2 Å². The molecule has 4 nitrogen and oxygen atoms in total. The molecule has 0 saturated carbocycles. The number of aromatic nitrogens is 1. The molecule has 1 N–H and O–H groups in total. The number of halogens is 1. The Balaban J connectivity index is 2.16. The standard InChI is InChI=1S/C15H14ClNO3/c16-14-6-2-1-5-12(14)9-13(15(18)20-19)8-11-4-3-7-17-10-11/h1-7,10,13,19H,8-9H2. The molecule has 0 fully saturated rings. The maximum Gasteiger partial charge on any atom is 0.345 e. The monoisotopic (exact) mass is 291 g/mol. The van der Waals surface area contributed by atoms with E-state index in [1.165, 1.54) is 0 Å². The predicted molar refractivity (Wildman–Crippen MR) is 75.3 cm³/mol. The molecule has 0 aliphatic rings. The number of pyridine rings is 1. The van der Waals surface area contributed by atoms with Gasteiger partial charge in [-0.25, -0.2) is 4.79 Å². The Morgan fingerprint density at radius 3 is 2.70 bits per heavy atom. The summed E-state index contributed by atoms with van der Waals surface area (Å²) in [5.74, 6) is -1.18. The molecule has 104 valence electrons. The fourth-order valence-electron chi connectivity index (χ4n) is 2.05. The molecule has 0 bridgehead atoms. The van der Waals surface area contributed by atoms with Gasteiger partial charge in [0.05, 0.1) is 5.92 Å². The van der Waals surface area contributed by atoms with Gasteiger partial charge in [0.2, 0.25) is 0 Å². The van der Waals surface area contributed by atoms with Crippen LogP contribution in [0, 0.1) is 5.92 Å². The minimum Gasteiger partial charge on any atom is -0.301 e. The summed E-state index contributed by atoms with van der Waals surface area (Å²) in [6.07, 6.45) is 4.17. The number of hydrogen-bond donors (Lipinski definition) is 1. The Morgan fingerprint density at radius 2 is 2.05 bits per heavy atom. The molecule has 1 unspecified atom stereocenters. The van der Waals surface area contributed by atoms with Gasteiger partial charge in [-0.15, -0.1) is 0 Å². The molecule has 2 aromatic rings. The van der Waals surface area contributed by atoms with Crippen LogP contribution >= 0.6 is 11.6 Å². The van der Waals surface area contributed by atoms with Crippen molar-refractivity contribution in [2.45, 2.75) is 12.8 Å². The second-order valence-electron chi connectivity index (χ2n) is 4.47. The van der Waals surface area contributed by atoms with Crippen LogP contribution in [0.2, 0.25) is 5.02 Å². The second-order valence-corrected chi connectivity index (χ2v) is 4.88. The van der Waals surface area contributed by atoms with Crippen molar-refractivity contribution in [2.24, 2.45) is 5.92 Å². The molecule has 0 aliphatic carbocycles. The van der Waals surface area contributed by atoms with Crippen LogP contribution < -0.4 is 0 Å². The van der Waals surface area contributed by atoms with Gasteiger partial charge in [-0.1, -0.05) is 35.9 Å². The summed E-state index contributed by atoms with van der Waals surface area (Å²) in [6.45, 7) is 0. The summed E-state index contributed by atoms with van der Waals surface area (Å²) in [5, 5.41) is 9.22. The summed E-state index contributed by atoms with van der Waals surface area (Å²) in [5.41, 5.74) is 1.74. The summed E-state index contributed by atoms with van der Waals surface area (Å²) in [7, 11) is 0. The minimum absolute atomic E-state index is 0.397. The van der Waals surface area contributed by atoms with Crippen LogP contribution in [0.1, 0.15) is 11.1 Å². The van der Waals surface area contributed by atoms with Gasteiger partial charge in [-0.05, 0) is 36.1 Å². The van der Waals surface area contributed by atoms with Crippen LogP contribution in [-0.2, 0) is 22.5 Å². The highest BCUT2D eigenvalue weighted by Gasteiger charge is 2.22. The molecule has 1 aromatic heterocycles. The van der Waals surface area contributed by atoms with Crippen molar-refractivity contribution in [1.29, 1.82) is 0 Å². The summed E-state index contributed by atoms with van der Waals surface area (Å²) in [4.78, 5) is 19.6. The fraction of sp³-hybridized carbons (Fsp3) is 0.200. The van der Waals surface area contributed by atoms with Crippen molar-refractivity contribution in [3.05, 3.63) is 64.9 Å². The maximum absolute atomic E-state index is 11.7. The number of benzene rings is 1. The van der Waals surface area contributed by atoms with Gasteiger partial charge in [0, 0.05) is 17.4 Å². The van der Waals surface area contributed by atoms with Crippen molar-refractivity contribution in [3.63, 3.8) is 0 Å². The Hall–Kier alpha value is -1.91. The molecule has 0 radical (unpaired) electrons. The highest BCUT2D eigenvalue weighted by Crippen LogP contribution is 2.21. The minimum atomic E-state index is -0.672. The summed E-state index contributed by atoms with van der Waals surface area (Å²) in [6, 6.07) is 11.0. The number of hydrogen-bond acceptors (Lipinski definition) is 4. The van der Waals surface area contributed by atoms with Crippen molar-refractivity contribution >= 4 is 17.6 Å². The molecule has 0 amide bonds. The third kappa shape index (κ3) is 3.79. The van der Waals surface area contributed by atoms with Crippen molar-refractivity contribution in [2.75, 3.05) is 0 Å². The van der Waals surface area contributed by atoms with E-state index in [0.717, 1.165) is 11.1 Å². The van der Waals surface area contributed by atoms with E-state index < -0.39 is 11.9 Å². The topological polar surface area (TPSA) is 59.4 Å². The van der Waals surface area contributed by atoms with Gasteiger partial charge < -0.3 is 4.89 Å². The van der Waals surface area contributed by atoms with Gasteiger partial charge >= 0.3 is 5.97 Å². The molecule has 5 heteroatoms. The van der Waals surface area contributed by atoms with E-state index in [1.54, 1.807) is 24.5 Å². The lowest BCUT2D eigenvalue weighted by Gasteiger charge is -2.14. The van der Waals surface area contributed by atoms with Gasteiger partial charge in [-0.2, -0.15) is 5.26 Å². The first kappa shape index (κ1) is 14.5. The number of rotatable bonds is 5. The molecule has 1 aromatic carbocycles. The number of carbonyl (C=O) groups is 1. The highest BCUT2D eigenvalue weighted by atomic mass is 35.5. The van der Waals surface area contributed by atoms with Crippen LogP contribution in [0.4, 0.5) is 0 Å². The molecule has 0 aliphatic heterocycles. The molecule has 20 heavy (non-hydrogen) atoms. The highest BCUT2D eigenvalue weighted by molar-refractivity contribution is 6.31. The van der Waals surface area contributed by atoms with Gasteiger partial charge in [0.25, 0.3) is 0 Å². The molecular formula is C15H14ClNO3. The zero-order valence-electron chi connectivity index (χ0n) is 10.7. The van der Waals surface area contributed by atoms with Gasteiger partial charge in [0.1, 0.15) is 0 Å². The Bertz CT molecular complexity index is 574. The zero-order valence-corrected chi connectivity index (χ0v) is 11.5. The average molecular weight is 292 g/mol. The largest absolute Gasteiger partial charge is 0.345 e. The van der Waals surface area contributed by atoms with Crippen molar-refractivity contribution in [3.8, 4) is 0 Å². The molecule has 0 saturated heterocycles. The van der Waals surface area contributed by atoms with Crippen molar-refractivity contribution < 1.29 is 14.9 Å². The number of carbonyl (C=O) groups excluding carboxylic acids is 1. The third-order valence-corrected chi connectivity index (χ3v) is 3.42. The normalized spacial score (nSPS) is 11.9. The van der Waals surface area contributed by atoms with E-state index in [1.807, 2.05) is 24.3 Å². The predicted octanol–water partition coefficient (Wildman–Crippen LogP) is 3.15. The lowest BCUT2D eigenvalue weighted by atomic mass is 9.93. The molecule has 1 heterocycles. The van der Waals surface area contributed by atoms with E-state index in [2.05, 4.69) is 9.87 Å². The lowest BCUT2D eigenvalue weighted by molar-refractivity contribution is -0.239. The SMILES string of the molecule is O=C(OO)C(Cc1cccnc1)Cc1ccccc1Cl. The fourth-order valence-corrected chi connectivity index (χ4v) is 2.26. The summed E-state index contributed by atoms with van der Waals surface area (Å²) >= 11 is 6.09. The number of nitrogens with zero attached hydrogens (tertiary/aromatic N) is 1. The lowest BCUT2D eigenvalue weighted by Crippen LogP contribution is -2.21. The third-order valence-electron chi connectivity index (χ3n) is 3.05. The van der Waals surface area contributed by atoms with E-state index in [9.17, 15) is 4.79 Å². The first-order valence-electron chi connectivity index (χ1n) is 6.18. The molecule has 1 atom stereocenters. The Labute approximate surface area is 121 Å². The summed E-state index contributed by atoms with van der Waals surface area (Å²) < 4.78 is 0. The molecule has 2 rings (SSSR count). The van der Waals surface area contributed by atoms with E-state index >= 15 is 0 Å². The van der Waals surface area contributed by atoms with Crippen LogP contribution in [0.5, 0.6) is 0 Å². The Kier molecular flexibility index (Phi) is 5.09. The first-order valence-corrected chi connectivity index (χ1v) is 6.56. The van der Waals surface area contributed by atoms with Crippen molar-refractivity contribution in [1.82, 2.24) is 4.98 Å². The van der Waals surface area contributed by atoms with E-state index in [0.29, 0.717) is 17.9 Å². The quantitative estimate of drug-likeness (QED) is 0.679. The smallest absolute Gasteiger partial charge is 0.301 e. The van der Waals surface area contributed by atoms with Gasteiger partial charge in [0.15, 0.2) is 0 Å². The van der Waals surface area contributed by atoms with Gasteiger partial charge in [-0.3, -0.25) is 4.98 Å². The van der Waals surface area contributed by atoms with E-state index in [-0.39, 0.29) is 0 Å². The van der Waals surface area contributed by atoms with Crippen LogP contribution in [0.25, 0.3) is 0 Å². The van der Waals surface area contributed by atoms with Crippen LogP contribution in [0.15, 0.2) is 48.8 Å². The zero-order chi connectivity index (χ0) is 14.4. The van der Waals surface area contributed by atoms with E-state index in [4.69, 9.17) is 16.9 Å². The first-order chi connectivity index (χ1) is 9.70.